The molecule has 1 atom stereocenters. The molecule has 0 saturated carbocycles. The lowest BCUT2D eigenvalue weighted by Crippen LogP contribution is -2.29. The molecule has 0 radical (unpaired) electrons. The number of benzene rings is 1. The highest BCUT2D eigenvalue weighted by molar-refractivity contribution is 5.95. The van der Waals surface area contributed by atoms with Crippen molar-refractivity contribution in [2.45, 2.75) is 19.9 Å². The largest absolute Gasteiger partial charge is 0.397 e. The Kier molecular flexibility index (Phi) is 4.97. The second-order valence-electron chi connectivity index (χ2n) is 4.56. The molecule has 1 unspecified atom stereocenters. The number of amides is 1. The number of anilines is 2. The van der Waals surface area contributed by atoms with Crippen LogP contribution in [-0.2, 0) is 0 Å². The maximum Gasteiger partial charge on any atom is 0.251 e. The van der Waals surface area contributed by atoms with Crippen molar-refractivity contribution in [3.8, 4) is 0 Å². The highest BCUT2D eigenvalue weighted by Crippen LogP contribution is 2.22. The van der Waals surface area contributed by atoms with Crippen LogP contribution in [0.2, 0.25) is 0 Å². The summed E-state index contributed by atoms with van der Waals surface area (Å²) in [6.07, 6.45) is 0. The summed E-state index contributed by atoms with van der Waals surface area (Å²) >= 11 is 0. The van der Waals surface area contributed by atoms with Gasteiger partial charge in [0.05, 0.1) is 24.0 Å². The Labute approximate surface area is 107 Å². The van der Waals surface area contributed by atoms with Crippen LogP contribution in [0, 0.1) is 5.92 Å². The van der Waals surface area contributed by atoms with E-state index in [4.69, 9.17) is 5.73 Å². The van der Waals surface area contributed by atoms with Gasteiger partial charge in [-0.05, 0) is 24.1 Å². The predicted molar refractivity (Wildman–Crippen MR) is 73.6 cm³/mol. The van der Waals surface area contributed by atoms with E-state index in [0.29, 0.717) is 11.3 Å². The van der Waals surface area contributed by atoms with Gasteiger partial charge >= 0.3 is 0 Å². The van der Waals surface area contributed by atoms with Crippen molar-refractivity contribution in [3.63, 3.8) is 0 Å². The lowest BCUT2D eigenvalue weighted by molar-refractivity contribution is 0.0963. The van der Waals surface area contributed by atoms with Crippen molar-refractivity contribution in [2.75, 3.05) is 24.7 Å². The number of hydrogen-bond acceptors (Lipinski definition) is 4. The van der Waals surface area contributed by atoms with E-state index < -0.39 is 0 Å². The molecule has 0 aliphatic rings. The Balaban J connectivity index is 2.89. The molecule has 0 aliphatic carbocycles. The van der Waals surface area contributed by atoms with Crippen LogP contribution in [0.25, 0.3) is 0 Å². The zero-order valence-electron chi connectivity index (χ0n) is 11.0. The van der Waals surface area contributed by atoms with Crippen LogP contribution < -0.4 is 16.4 Å². The number of nitrogen functional groups attached to an aromatic ring is 1. The standard InChI is InChI=1S/C13H21N3O2/c1-8(2)12(7-17)16-11-5-4-9(6-10(11)14)13(18)15-3/h4-6,8,12,16-17H,7,14H2,1-3H3,(H,15,18). The summed E-state index contributed by atoms with van der Waals surface area (Å²) in [6, 6.07) is 5.02. The zero-order valence-corrected chi connectivity index (χ0v) is 11.0. The fourth-order valence-corrected chi connectivity index (χ4v) is 1.60. The summed E-state index contributed by atoms with van der Waals surface area (Å²) < 4.78 is 0. The number of nitrogens with two attached hydrogens (primary N) is 1. The van der Waals surface area contributed by atoms with E-state index in [1.54, 1.807) is 25.2 Å². The van der Waals surface area contributed by atoms with E-state index in [1.165, 1.54) is 0 Å². The van der Waals surface area contributed by atoms with Gasteiger partial charge in [-0.1, -0.05) is 13.8 Å². The molecule has 0 spiro atoms. The average molecular weight is 251 g/mol. The molecule has 1 aromatic carbocycles. The highest BCUT2D eigenvalue weighted by Gasteiger charge is 2.14. The van der Waals surface area contributed by atoms with Gasteiger partial charge in [0.25, 0.3) is 5.91 Å². The van der Waals surface area contributed by atoms with E-state index in [1.807, 2.05) is 13.8 Å². The minimum Gasteiger partial charge on any atom is -0.397 e. The first-order chi connectivity index (χ1) is 8.49. The van der Waals surface area contributed by atoms with Gasteiger partial charge in [0.1, 0.15) is 0 Å². The molecular formula is C13H21N3O2. The third kappa shape index (κ3) is 3.37. The third-order valence-corrected chi connectivity index (χ3v) is 2.88. The Bertz CT molecular complexity index is 419. The fourth-order valence-electron chi connectivity index (χ4n) is 1.60. The van der Waals surface area contributed by atoms with Crippen molar-refractivity contribution in [1.82, 2.24) is 5.32 Å². The minimum atomic E-state index is -0.171. The lowest BCUT2D eigenvalue weighted by Gasteiger charge is -2.22. The topological polar surface area (TPSA) is 87.4 Å². The molecular weight excluding hydrogens is 230 g/mol. The quantitative estimate of drug-likeness (QED) is 0.589. The number of carbonyl (C=O) groups excluding carboxylic acids is 1. The van der Waals surface area contributed by atoms with Crippen molar-refractivity contribution < 1.29 is 9.90 Å². The fraction of sp³-hybridized carbons (Fsp3) is 0.462. The summed E-state index contributed by atoms with van der Waals surface area (Å²) in [5.74, 6) is 0.115. The van der Waals surface area contributed by atoms with E-state index >= 15 is 0 Å². The van der Waals surface area contributed by atoms with Crippen LogP contribution in [0.4, 0.5) is 11.4 Å². The maximum absolute atomic E-state index is 11.4. The molecule has 100 valence electrons. The first kappa shape index (κ1) is 14.3. The summed E-state index contributed by atoms with van der Waals surface area (Å²) in [4.78, 5) is 11.4. The highest BCUT2D eigenvalue weighted by atomic mass is 16.3. The van der Waals surface area contributed by atoms with Crippen molar-refractivity contribution >= 4 is 17.3 Å². The molecule has 5 nitrogen and oxygen atoms in total. The molecule has 18 heavy (non-hydrogen) atoms. The van der Waals surface area contributed by atoms with Gasteiger partial charge in [0.15, 0.2) is 0 Å². The molecule has 0 aliphatic heterocycles. The second kappa shape index (κ2) is 6.26. The lowest BCUT2D eigenvalue weighted by atomic mass is 10.0. The zero-order chi connectivity index (χ0) is 13.7. The van der Waals surface area contributed by atoms with Crippen LogP contribution in [0.5, 0.6) is 0 Å². The number of aliphatic hydroxyl groups is 1. The van der Waals surface area contributed by atoms with Gasteiger partial charge in [0.2, 0.25) is 0 Å². The molecule has 1 aromatic rings. The molecule has 0 aromatic heterocycles. The van der Waals surface area contributed by atoms with Crippen LogP contribution in [0.15, 0.2) is 18.2 Å². The van der Waals surface area contributed by atoms with Gasteiger partial charge in [-0.25, -0.2) is 0 Å². The van der Waals surface area contributed by atoms with Crippen LogP contribution in [-0.4, -0.2) is 30.7 Å². The second-order valence-corrected chi connectivity index (χ2v) is 4.56. The monoisotopic (exact) mass is 251 g/mol. The van der Waals surface area contributed by atoms with Crippen molar-refractivity contribution in [3.05, 3.63) is 23.8 Å². The third-order valence-electron chi connectivity index (χ3n) is 2.88. The smallest absolute Gasteiger partial charge is 0.251 e. The summed E-state index contributed by atoms with van der Waals surface area (Å²) in [5.41, 5.74) is 7.64. The molecule has 0 fully saturated rings. The molecule has 0 bridgehead atoms. The van der Waals surface area contributed by atoms with E-state index in [2.05, 4.69) is 10.6 Å². The minimum absolute atomic E-state index is 0.0360. The number of rotatable bonds is 5. The Morgan fingerprint density at radius 1 is 1.44 bits per heavy atom. The van der Waals surface area contributed by atoms with Gasteiger partial charge in [-0.3, -0.25) is 4.79 Å². The summed E-state index contributed by atoms with van der Waals surface area (Å²) in [6.45, 7) is 4.07. The normalized spacial score (nSPS) is 12.3. The predicted octanol–water partition coefficient (Wildman–Crippen LogP) is 1.06. The molecule has 1 rings (SSSR count). The molecule has 5 N–H and O–H groups in total. The van der Waals surface area contributed by atoms with Crippen molar-refractivity contribution in [2.24, 2.45) is 5.92 Å². The number of carbonyl (C=O) groups is 1. The van der Waals surface area contributed by atoms with Crippen LogP contribution in [0.3, 0.4) is 0 Å². The van der Waals surface area contributed by atoms with Crippen LogP contribution in [0.1, 0.15) is 24.2 Å². The summed E-state index contributed by atoms with van der Waals surface area (Å²) in [5, 5.41) is 15.0. The van der Waals surface area contributed by atoms with Gasteiger partial charge < -0.3 is 21.5 Å². The van der Waals surface area contributed by atoms with Crippen molar-refractivity contribution in [1.29, 1.82) is 0 Å². The van der Waals surface area contributed by atoms with Gasteiger partial charge in [-0.15, -0.1) is 0 Å². The van der Waals surface area contributed by atoms with E-state index in [0.717, 1.165) is 5.69 Å². The molecule has 0 heterocycles. The number of nitrogens with one attached hydrogen (secondary N) is 2. The first-order valence-electron chi connectivity index (χ1n) is 5.98. The van der Waals surface area contributed by atoms with E-state index in [-0.39, 0.29) is 24.5 Å². The molecule has 1 amide bonds. The first-order valence-corrected chi connectivity index (χ1v) is 5.98. The van der Waals surface area contributed by atoms with E-state index in [9.17, 15) is 9.90 Å². The van der Waals surface area contributed by atoms with Gasteiger partial charge in [-0.2, -0.15) is 0 Å². The number of hydrogen-bond donors (Lipinski definition) is 4. The molecule has 0 saturated heterocycles. The van der Waals surface area contributed by atoms with Gasteiger partial charge in [0, 0.05) is 12.6 Å². The average Bonchev–Trinajstić information content (AvgIpc) is 2.35. The van der Waals surface area contributed by atoms with Crippen LogP contribution >= 0.6 is 0 Å². The Hall–Kier alpha value is -1.75. The summed E-state index contributed by atoms with van der Waals surface area (Å²) in [7, 11) is 1.57. The Morgan fingerprint density at radius 3 is 2.56 bits per heavy atom. The molecule has 5 heteroatoms. The SMILES string of the molecule is CNC(=O)c1ccc(NC(CO)C(C)C)c(N)c1. The number of aliphatic hydroxyl groups excluding tert-OH is 1. The Morgan fingerprint density at radius 2 is 2.11 bits per heavy atom. The maximum atomic E-state index is 11.4.